The molecule has 8 heteroatoms. The molecule has 0 amide bonds. The lowest BCUT2D eigenvalue weighted by Gasteiger charge is -2.18. The van der Waals surface area contributed by atoms with Gasteiger partial charge >= 0.3 is 0 Å². The zero-order valence-corrected chi connectivity index (χ0v) is 14.9. The minimum atomic E-state index is -3.46. The summed E-state index contributed by atoms with van der Waals surface area (Å²) in [7, 11) is -3.46. The molecular formula is C10H12Br2ClNO2S2. The smallest absolute Gasteiger partial charge is 0.207 e. The van der Waals surface area contributed by atoms with Gasteiger partial charge in [0, 0.05) is 11.4 Å². The molecule has 1 heterocycles. The van der Waals surface area contributed by atoms with Crippen molar-refractivity contribution in [2.24, 2.45) is 5.92 Å². The zero-order valence-electron chi connectivity index (χ0n) is 9.33. The summed E-state index contributed by atoms with van der Waals surface area (Å²) in [6.07, 6.45) is 3.03. The van der Waals surface area contributed by atoms with Crippen LogP contribution in [-0.2, 0) is 10.0 Å². The molecule has 2 atom stereocenters. The molecule has 102 valence electrons. The fourth-order valence-electron chi connectivity index (χ4n) is 2.09. The summed E-state index contributed by atoms with van der Waals surface area (Å²) >= 11 is 13.7. The second-order valence-corrected chi connectivity index (χ2v) is 9.63. The number of thiophene rings is 1. The van der Waals surface area contributed by atoms with Gasteiger partial charge in [-0.2, -0.15) is 0 Å². The van der Waals surface area contributed by atoms with Gasteiger partial charge in [-0.05, 0) is 40.8 Å². The molecule has 0 aliphatic heterocycles. The van der Waals surface area contributed by atoms with E-state index in [1.807, 2.05) is 0 Å². The Balaban J connectivity index is 2.17. The molecule has 1 fully saturated rings. The predicted molar refractivity (Wildman–Crippen MR) is 82.3 cm³/mol. The van der Waals surface area contributed by atoms with E-state index in [2.05, 4.69) is 36.6 Å². The fraction of sp³-hybridized carbons (Fsp3) is 0.600. The Hall–Kier alpha value is 0.860. The van der Waals surface area contributed by atoms with E-state index in [-0.39, 0.29) is 10.3 Å². The van der Waals surface area contributed by atoms with Gasteiger partial charge in [0.25, 0.3) is 0 Å². The lowest BCUT2D eigenvalue weighted by atomic mass is 10.1. The number of hydrogen-bond acceptors (Lipinski definition) is 3. The Kier molecular flexibility index (Phi) is 5.17. The second-order valence-electron chi connectivity index (χ2n) is 4.26. The summed E-state index contributed by atoms with van der Waals surface area (Å²) in [4.78, 5) is 0. The third kappa shape index (κ3) is 3.30. The summed E-state index contributed by atoms with van der Waals surface area (Å²) in [5.74, 6) is 0.374. The van der Waals surface area contributed by atoms with Crippen molar-refractivity contribution in [1.82, 2.24) is 4.72 Å². The molecule has 1 saturated carbocycles. The van der Waals surface area contributed by atoms with Gasteiger partial charge in [-0.3, -0.25) is 0 Å². The zero-order chi connectivity index (χ0) is 13.3. The van der Waals surface area contributed by atoms with Gasteiger partial charge in [0.15, 0.2) is 0 Å². The molecule has 1 N–H and O–H groups in total. The molecular weight excluding hydrogens is 426 g/mol. The van der Waals surface area contributed by atoms with Gasteiger partial charge in [-0.1, -0.05) is 34.0 Å². The number of sulfonamides is 1. The molecule has 0 bridgehead atoms. The maximum atomic E-state index is 12.2. The van der Waals surface area contributed by atoms with Crippen molar-refractivity contribution in [2.75, 3.05) is 5.33 Å². The summed E-state index contributed by atoms with van der Waals surface area (Å²) in [5.41, 5.74) is 0. The van der Waals surface area contributed by atoms with Gasteiger partial charge in [0.1, 0.15) is 4.21 Å². The fourth-order valence-corrected chi connectivity index (χ4v) is 6.62. The van der Waals surface area contributed by atoms with Crippen molar-refractivity contribution in [3.63, 3.8) is 0 Å². The van der Waals surface area contributed by atoms with Gasteiger partial charge in [0.2, 0.25) is 10.0 Å². The minimum Gasteiger partial charge on any atom is -0.207 e. The monoisotopic (exact) mass is 435 g/mol. The third-order valence-corrected chi connectivity index (χ3v) is 8.32. The van der Waals surface area contributed by atoms with Crippen molar-refractivity contribution in [3.05, 3.63) is 14.9 Å². The molecule has 1 aliphatic carbocycles. The molecule has 18 heavy (non-hydrogen) atoms. The number of rotatable bonds is 4. The Morgan fingerprint density at radius 2 is 2.22 bits per heavy atom. The van der Waals surface area contributed by atoms with Gasteiger partial charge in [-0.25, -0.2) is 13.1 Å². The van der Waals surface area contributed by atoms with Crippen molar-refractivity contribution in [1.29, 1.82) is 0 Å². The number of halogens is 3. The molecule has 2 rings (SSSR count). The van der Waals surface area contributed by atoms with E-state index in [1.54, 1.807) is 0 Å². The van der Waals surface area contributed by atoms with Crippen LogP contribution in [0.3, 0.4) is 0 Å². The van der Waals surface area contributed by atoms with Gasteiger partial charge in [0.05, 0.1) is 8.81 Å². The average molecular weight is 438 g/mol. The van der Waals surface area contributed by atoms with E-state index >= 15 is 0 Å². The van der Waals surface area contributed by atoms with E-state index in [9.17, 15) is 8.42 Å². The van der Waals surface area contributed by atoms with Crippen LogP contribution in [0.4, 0.5) is 0 Å². The highest BCUT2D eigenvalue weighted by Crippen LogP contribution is 2.35. The average Bonchev–Trinajstić information content (AvgIpc) is 2.86. The van der Waals surface area contributed by atoms with E-state index in [1.165, 1.54) is 6.07 Å². The molecule has 1 aromatic heterocycles. The van der Waals surface area contributed by atoms with E-state index in [0.717, 1.165) is 35.9 Å². The highest BCUT2D eigenvalue weighted by Gasteiger charge is 2.31. The first-order valence-corrected chi connectivity index (χ1v) is 10.1. The predicted octanol–water partition coefficient (Wildman–Crippen LogP) is 4.01. The first kappa shape index (κ1) is 15.3. The summed E-state index contributed by atoms with van der Waals surface area (Å²) in [6.45, 7) is 0. The molecule has 1 aliphatic rings. The van der Waals surface area contributed by atoms with E-state index in [0.29, 0.717) is 14.7 Å². The van der Waals surface area contributed by atoms with Crippen LogP contribution in [0.1, 0.15) is 19.3 Å². The maximum Gasteiger partial charge on any atom is 0.250 e. The SMILES string of the molecule is O=S(=O)(NC1CCCC1CBr)c1cc(Cl)c(Br)s1. The lowest BCUT2D eigenvalue weighted by Crippen LogP contribution is -2.37. The summed E-state index contributed by atoms with van der Waals surface area (Å²) in [6, 6.07) is 1.51. The normalized spacial score (nSPS) is 24.6. The van der Waals surface area contributed by atoms with Crippen molar-refractivity contribution < 1.29 is 8.42 Å². The van der Waals surface area contributed by atoms with Crippen LogP contribution in [0.5, 0.6) is 0 Å². The summed E-state index contributed by atoms with van der Waals surface area (Å²) in [5, 5.41) is 1.26. The Morgan fingerprint density at radius 3 is 2.78 bits per heavy atom. The number of hydrogen-bond donors (Lipinski definition) is 1. The molecule has 0 aromatic carbocycles. The Morgan fingerprint density at radius 1 is 1.50 bits per heavy atom. The highest BCUT2D eigenvalue weighted by atomic mass is 79.9. The molecule has 0 saturated heterocycles. The Bertz CT molecular complexity index is 512. The standard InChI is InChI=1S/C10H12Br2ClNO2S2/c11-5-6-2-1-3-8(6)14-18(15,16)9-4-7(13)10(12)17-9/h4,6,8,14H,1-3,5H2. The van der Waals surface area contributed by atoms with E-state index < -0.39 is 10.0 Å². The first-order chi connectivity index (χ1) is 8.44. The van der Waals surface area contributed by atoms with Crippen LogP contribution >= 0.6 is 54.8 Å². The van der Waals surface area contributed by atoms with Gasteiger partial charge in [-0.15, -0.1) is 11.3 Å². The van der Waals surface area contributed by atoms with Crippen LogP contribution in [0, 0.1) is 5.92 Å². The first-order valence-electron chi connectivity index (χ1n) is 5.47. The summed E-state index contributed by atoms with van der Waals surface area (Å²) < 4.78 is 28.1. The van der Waals surface area contributed by atoms with Gasteiger partial charge < -0.3 is 0 Å². The third-order valence-electron chi connectivity index (χ3n) is 3.05. The minimum absolute atomic E-state index is 0.0222. The van der Waals surface area contributed by atoms with Crippen LogP contribution in [-0.4, -0.2) is 19.8 Å². The van der Waals surface area contributed by atoms with Crippen molar-refractivity contribution >= 4 is 64.8 Å². The molecule has 0 radical (unpaired) electrons. The molecule has 3 nitrogen and oxygen atoms in total. The maximum absolute atomic E-state index is 12.2. The van der Waals surface area contributed by atoms with Crippen LogP contribution in [0.25, 0.3) is 0 Å². The van der Waals surface area contributed by atoms with Crippen LogP contribution in [0.2, 0.25) is 5.02 Å². The lowest BCUT2D eigenvalue weighted by molar-refractivity contribution is 0.485. The topological polar surface area (TPSA) is 46.2 Å². The number of alkyl halides is 1. The molecule has 1 aromatic rings. The quantitative estimate of drug-likeness (QED) is 0.724. The molecule has 0 spiro atoms. The van der Waals surface area contributed by atoms with Crippen molar-refractivity contribution in [2.45, 2.75) is 29.5 Å². The largest absolute Gasteiger partial charge is 0.250 e. The Labute approximate surface area is 133 Å². The number of nitrogens with one attached hydrogen (secondary N) is 1. The highest BCUT2D eigenvalue weighted by molar-refractivity contribution is 9.11. The van der Waals surface area contributed by atoms with E-state index in [4.69, 9.17) is 11.6 Å². The molecule has 2 unspecified atom stereocenters. The van der Waals surface area contributed by atoms with Crippen LogP contribution < -0.4 is 4.72 Å². The van der Waals surface area contributed by atoms with Crippen molar-refractivity contribution in [3.8, 4) is 0 Å². The van der Waals surface area contributed by atoms with Crippen LogP contribution in [0.15, 0.2) is 14.1 Å². The second kappa shape index (κ2) is 6.10.